The molecule has 7 heteroatoms. The number of ether oxygens (including phenoxy) is 1. The van der Waals surface area contributed by atoms with Crippen molar-refractivity contribution in [2.75, 3.05) is 11.8 Å². The Hall–Kier alpha value is -3.32. The van der Waals surface area contributed by atoms with E-state index in [2.05, 4.69) is 10.0 Å². The quantitative estimate of drug-likeness (QED) is 0.641. The molecule has 0 aliphatic heterocycles. The van der Waals surface area contributed by atoms with E-state index in [0.717, 1.165) is 5.56 Å². The highest BCUT2D eigenvalue weighted by Gasteiger charge is 2.22. The Labute approximate surface area is 164 Å². The molecule has 0 radical (unpaired) electrons. The van der Waals surface area contributed by atoms with Gasteiger partial charge in [-0.1, -0.05) is 48.5 Å². The lowest BCUT2D eigenvalue weighted by Gasteiger charge is -2.13. The van der Waals surface area contributed by atoms with Gasteiger partial charge in [-0.05, 0) is 30.3 Å². The lowest BCUT2D eigenvalue weighted by molar-refractivity contribution is 0.0947. The topological polar surface area (TPSA) is 84.5 Å². The number of benzene rings is 3. The molecule has 0 bridgehead atoms. The Morgan fingerprint density at radius 2 is 1.54 bits per heavy atom. The summed E-state index contributed by atoms with van der Waals surface area (Å²) < 4.78 is 33.3. The SMILES string of the molecule is COc1ccccc1CNC(=O)c1ccccc1S(=O)(=O)Nc1ccccc1. The van der Waals surface area contributed by atoms with E-state index in [4.69, 9.17) is 4.74 Å². The second-order valence-electron chi connectivity index (χ2n) is 5.96. The normalized spacial score (nSPS) is 10.9. The lowest BCUT2D eigenvalue weighted by atomic mass is 10.1. The number of para-hydroxylation sites is 2. The van der Waals surface area contributed by atoms with E-state index in [0.29, 0.717) is 11.4 Å². The molecule has 3 rings (SSSR count). The van der Waals surface area contributed by atoms with Gasteiger partial charge >= 0.3 is 0 Å². The molecule has 28 heavy (non-hydrogen) atoms. The number of rotatable bonds is 7. The highest BCUT2D eigenvalue weighted by Crippen LogP contribution is 2.21. The van der Waals surface area contributed by atoms with Crippen LogP contribution in [-0.2, 0) is 16.6 Å². The standard InChI is InChI=1S/C21H20N2O4S/c1-27-19-13-7-5-9-16(19)15-22-21(24)18-12-6-8-14-20(18)28(25,26)23-17-10-3-2-4-11-17/h2-14,23H,15H2,1H3,(H,22,24). The number of nitrogens with one attached hydrogen (secondary N) is 2. The largest absolute Gasteiger partial charge is 0.496 e. The van der Waals surface area contributed by atoms with Gasteiger partial charge in [0.2, 0.25) is 0 Å². The van der Waals surface area contributed by atoms with E-state index in [9.17, 15) is 13.2 Å². The van der Waals surface area contributed by atoms with E-state index in [1.807, 2.05) is 18.2 Å². The molecule has 0 aromatic heterocycles. The number of carbonyl (C=O) groups excluding carboxylic acids is 1. The lowest BCUT2D eigenvalue weighted by Crippen LogP contribution is -2.26. The zero-order valence-corrected chi connectivity index (χ0v) is 16.1. The predicted octanol–water partition coefficient (Wildman–Crippen LogP) is 3.43. The average molecular weight is 396 g/mol. The average Bonchev–Trinajstić information content (AvgIpc) is 2.72. The van der Waals surface area contributed by atoms with Gasteiger partial charge in [-0.25, -0.2) is 8.42 Å². The third-order valence-electron chi connectivity index (χ3n) is 4.08. The summed E-state index contributed by atoms with van der Waals surface area (Å²) in [7, 11) is -2.37. The van der Waals surface area contributed by atoms with Crippen molar-refractivity contribution in [3.63, 3.8) is 0 Å². The van der Waals surface area contributed by atoms with Crippen LogP contribution >= 0.6 is 0 Å². The maximum atomic E-state index is 12.8. The summed E-state index contributed by atoms with van der Waals surface area (Å²) in [6, 6.07) is 21.9. The number of hydrogen-bond donors (Lipinski definition) is 2. The highest BCUT2D eigenvalue weighted by atomic mass is 32.2. The minimum absolute atomic E-state index is 0.0702. The van der Waals surface area contributed by atoms with Crippen molar-refractivity contribution in [2.45, 2.75) is 11.4 Å². The third kappa shape index (κ3) is 4.50. The van der Waals surface area contributed by atoms with Crippen molar-refractivity contribution < 1.29 is 17.9 Å². The molecule has 0 fully saturated rings. The van der Waals surface area contributed by atoms with Crippen molar-refractivity contribution in [1.29, 1.82) is 0 Å². The maximum absolute atomic E-state index is 12.8. The predicted molar refractivity (Wildman–Crippen MR) is 108 cm³/mol. The van der Waals surface area contributed by atoms with Gasteiger partial charge < -0.3 is 10.1 Å². The number of amides is 1. The monoisotopic (exact) mass is 396 g/mol. The molecule has 0 saturated carbocycles. The second kappa shape index (κ2) is 8.58. The van der Waals surface area contributed by atoms with Gasteiger partial charge in [0, 0.05) is 17.8 Å². The Kier molecular flexibility index (Phi) is 5.96. The Balaban J connectivity index is 1.82. The molecule has 0 heterocycles. The minimum atomic E-state index is -3.92. The Bertz CT molecular complexity index is 1070. The van der Waals surface area contributed by atoms with Crippen LogP contribution < -0.4 is 14.8 Å². The van der Waals surface area contributed by atoms with Crippen LogP contribution in [0, 0.1) is 0 Å². The van der Waals surface area contributed by atoms with Gasteiger partial charge in [0.15, 0.2) is 0 Å². The smallest absolute Gasteiger partial charge is 0.262 e. The van der Waals surface area contributed by atoms with Crippen LogP contribution in [0.5, 0.6) is 5.75 Å². The third-order valence-corrected chi connectivity index (χ3v) is 5.52. The Morgan fingerprint density at radius 3 is 2.29 bits per heavy atom. The molecule has 3 aromatic carbocycles. The molecule has 0 aliphatic carbocycles. The maximum Gasteiger partial charge on any atom is 0.262 e. The van der Waals surface area contributed by atoms with E-state index < -0.39 is 15.9 Å². The zero-order valence-electron chi connectivity index (χ0n) is 15.3. The van der Waals surface area contributed by atoms with E-state index in [1.165, 1.54) is 12.1 Å². The van der Waals surface area contributed by atoms with E-state index in [1.54, 1.807) is 55.6 Å². The Morgan fingerprint density at radius 1 is 0.893 bits per heavy atom. The number of carbonyl (C=O) groups is 1. The van der Waals surface area contributed by atoms with Crippen LogP contribution in [0.1, 0.15) is 15.9 Å². The number of methoxy groups -OCH3 is 1. The second-order valence-corrected chi connectivity index (χ2v) is 7.61. The van der Waals surface area contributed by atoms with Gasteiger partial charge in [-0.3, -0.25) is 9.52 Å². The molecule has 0 unspecified atom stereocenters. The van der Waals surface area contributed by atoms with Crippen molar-refractivity contribution in [2.24, 2.45) is 0 Å². The molecule has 0 atom stereocenters. The number of anilines is 1. The molecule has 2 N–H and O–H groups in total. The molecular formula is C21H20N2O4S. The summed E-state index contributed by atoms with van der Waals surface area (Å²) in [6.45, 7) is 0.212. The fourth-order valence-electron chi connectivity index (χ4n) is 2.72. The van der Waals surface area contributed by atoms with Crippen LogP contribution in [0.4, 0.5) is 5.69 Å². The first-order valence-electron chi connectivity index (χ1n) is 8.58. The molecule has 3 aromatic rings. The van der Waals surface area contributed by atoms with Crippen molar-refractivity contribution in [1.82, 2.24) is 5.32 Å². The highest BCUT2D eigenvalue weighted by molar-refractivity contribution is 7.92. The summed E-state index contributed by atoms with van der Waals surface area (Å²) in [4.78, 5) is 12.6. The first-order valence-corrected chi connectivity index (χ1v) is 10.1. The van der Waals surface area contributed by atoms with Crippen LogP contribution in [-0.4, -0.2) is 21.4 Å². The van der Waals surface area contributed by atoms with Crippen LogP contribution in [0.25, 0.3) is 0 Å². The van der Waals surface area contributed by atoms with E-state index in [-0.39, 0.29) is 17.0 Å². The van der Waals surface area contributed by atoms with Gasteiger partial charge in [-0.15, -0.1) is 0 Å². The summed E-state index contributed by atoms with van der Waals surface area (Å²) in [6.07, 6.45) is 0. The first-order chi connectivity index (χ1) is 13.5. The summed E-state index contributed by atoms with van der Waals surface area (Å²) in [5, 5.41) is 2.76. The summed E-state index contributed by atoms with van der Waals surface area (Å²) in [5.41, 5.74) is 1.29. The van der Waals surface area contributed by atoms with Crippen LogP contribution in [0.15, 0.2) is 83.8 Å². The fourth-order valence-corrected chi connectivity index (χ4v) is 3.99. The first kappa shape index (κ1) is 19.4. The van der Waals surface area contributed by atoms with Gasteiger partial charge in [-0.2, -0.15) is 0 Å². The molecule has 6 nitrogen and oxygen atoms in total. The molecule has 0 saturated heterocycles. The van der Waals surface area contributed by atoms with Crippen LogP contribution in [0.2, 0.25) is 0 Å². The summed E-state index contributed by atoms with van der Waals surface area (Å²) >= 11 is 0. The van der Waals surface area contributed by atoms with Crippen molar-refractivity contribution >= 4 is 21.6 Å². The van der Waals surface area contributed by atoms with Gasteiger partial charge in [0.1, 0.15) is 10.6 Å². The molecular weight excluding hydrogens is 376 g/mol. The van der Waals surface area contributed by atoms with E-state index >= 15 is 0 Å². The molecule has 0 spiro atoms. The zero-order chi connectivity index (χ0) is 20.0. The number of hydrogen-bond acceptors (Lipinski definition) is 4. The van der Waals surface area contributed by atoms with Gasteiger partial charge in [0.25, 0.3) is 15.9 Å². The summed E-state index contributed by atoms with van der Waals surface area (Å²) in [5.74, 6) is 0.161. The van der Waals surface area contributed by atoms with Gasteiger partial charge in [0.05, 0.1) is 12.7 Å². The van der Waals surface area contributed by atoms with Crippen molar-refractivity contribution in [3.05, 3.63) is 90.0 Å². The number of sulfonamides is 1. The minimum Gasteiger partial charge on any atom is -0.496 e. The molecule has 0 aliphatic rings. The molecule has 144 valence electrons. The van der Waals surface area contributed by atoms with Crippen molar-refractivity contribution in [3.8, 4) is 5.75 Å². The van der Waals surface area contributed by atoms with Crippen LogP contribution in [0.3, 0.4) is 0 Å². The molecule has 1 amide bonds. The fraction of sp³-hybridized carbons (Fsp3) is 0.0952.